The molecule has 9 heteroatoms. The Morgan fingerprint density at radius 3 is 2.79 bits per heavy atom. The number of amides is 1. The van der Waals surface area contributed by atoms with Crippen LogP contribution >= 0.6 is 11.6 Å². The van der Waals surface area contributed by atoms with Gasteiger partial charge in [-0.15, -0.1) is 0 Å². The van der Waals surface area contributed by atoms with Crippen molar-refractivity contribution in [3.8, 4) is 5.75 Å². The molecule has 0 saturated heterocycles. The standard InChI is InChI=1S/C20H19ClN4O4/c1-13-6-7-19(17(8-13)25(27)28)29-12-14-4-3-5-15(9-14)20(26)22-11-18-16(21)10-23-24(18)2/h3-10H,11-12H2,1-2H3,(H,22,26). The molecule has 1 heterocycles. The van der Waals surface area contributed by atoms with E-state index in [1.165, 1.54) is 12.3 Å². The molecular weight excluding hydrogens is 396 g/mol. The second kappa shape index (κ2) is 8.74. The van der Waals surface area contributed by atoms with Crippen LogP contribution in [0.1, 0.15) is 27.2 Å². The van der Waals surface area contributed by atoms with E-state index in [2.05, 4.69) is 10.4 Å². The molecule has 1 N–H and O–H groups in total. The van der Waals surface area contributed by atoms with Crippen LogP contribution < -0.4 is 10.1 Å². The molecule has 0 atom stereocenters. The predicted molar refractivity (Wildman–Crippen MR) is 108 cm³/mol. The Morgan fingerprint density at radius 1 is 1.31 bits per heavy atom. The molecule has 0 spiro atoms. The number of halogens is 1. The smallest absolute Gasteiger partial charge is 0.311 e. The van der Waals surface area contributed by atoms with E-state index in [0.717, 1.165) is 5.56 Å². The van der Waals surface area contributed by atoms with Crippen LogP contribution in [0.5, 0.6) is 5.75 Å². The molecule has 3 rings (SSSR count). The van der Waals surface area contributed by atoms with Gasteiger partial charge in [-0.3, -0.25) is 19.6 Å². The molecule has 150 valence electrons. The van der Waals surface area contributed by atoms with Gasteiger partial charge in [-0.2, -0.15) is 5.10 Å². The highest BCUT2D eigenvalue weighted by Gasteiger charge is 2.16. The van der Waals surface area contributed by atoms with Crippen molar-refractivity contribution in [3.05, 3.63) is 86.2 Å². The summed E-state index contributed by atoms with van der Waals surface area (Å²) >= 11 is 6.04. The normalized spacial score (nSPS) is 10.6. The second-order valence-corrected chi connectivity index (χ2v) is 6.87. The van der Waals surface area contributed by atoms with Crippen molar-refractivity contribution in [3.63, 3.8) is 0 Å². The first kappa shape index (κ1) is 20.3. The molecule has 0 aliphatic heterocycles. The van der Waals surface area contributed by atoms with Crippen LogP contribution in [-0.4, -0.2) is 20.6 Å². The van der Waals surface area contributed by atoms with E-state index >= 15 is 0 Å². The molecule has 0 unspecified atom stereocenters. The van der Waals surface area contributed by atoms with Crippen molar-refractivity contribution < 1.29 is 14.5 Å². The highest BCUT2D eigenvalue weighted by Crippen LogP contribution is 2.28. The maximum Gasteiger partial charge on any atom is 0.311 e. The summed E-state index contributed by atoms with van der Waals surface area (Å²) in [6.45, 7) is 2.11. The van der Waals surface area contributed by atoms with Gasteiger partial charge in [0.1, 0.15) is 6.61 Å². The molecule has 3 aromatic rings. The average molecular weight is 415 g/mol. The summed E-state index contributed by atoms with van der Waals surface area (Å²) in [7, 11) is 1.75. The first-order valence-corrected chi connectivity index (χ1v) is 9.14. The Kier molecular flexibility index (Phi) is 6.13. The summed E-state index contributed by atoms with van der Waals surface area (Å²) in [5.41, 5.74) is 2.54. The number of nitrogens with zero attached hydrogens (tertiary/aromatic N) is 3. The summed E-state index contributed by atoms with van der Waals surface area (Å²) in [5.74, 6) is -0.0910. The Morgan fingerprint density at radius 2 is 2.10 bits per heavy atom. The van der Waals surface area contributed by atoms with Crippen molar-refractivity contribution in [2.45, 2.75) is 20.1 Å². The summed E-state index contributed by atoms with van der Waals surface area (Å²) < 4.78 is 7.22. The Labute approximate surface area is 172 Å². The number of hydrogen-bond donors (Lipinski definition) is 1. The number of hydrogen-bond acceptors (Lipinski definition) is 5. The van der Waals surface area contributed by atoms with Gasteiger partial charge in [0.2, 0.25) is 0 Å². The number of ether oxygens (including phenoxy) is 1. The lowest BCUT2D eigenvalue weighted by Crippen LogP contribution is -2.24. The van der Waals surface area contributed by atoms with Gasteiger partial charge in [-0.05, 0) is 36.2 Å². The number of aryl methyl sites for hydroxylation is 2. The number of rotatable bonds is 7. The van der Waals surface area contributed by atoms with Gasteiger partial charge in [-0.1, -0.05) is 29.8 Å². The van der Waals surface area contributed by atoms with Gasteiger partial charge in [-0.25, -0.2) is 0 Å². The van der Waals surface area contributed by atoms with Crippen molar-refractivity contribution in [2.75, 3.05) is 0 Å². The van der Waals surface area contributed by atoms with Crippen LogP contribution in [0.25, 0.3) is 0 Å². The quantitative estimate of drug-likeness (QED) is 0.468. The molecule has 0 aliphatic rings. The van der Waals surface area contributed by atoms with Crippen LogP contribution in [0.2, 0.25) is 5.02 Å². The van der Waals surface area contributed by atoms with Gasteiger partial charge in [0, 0.05) is 18.7 Å². The lowest BCUT2D eigenvalue weighted by molar-refractivity contribution is -0.386. The average Bonchev–Trinajstić information content (AvgIpc) is 3.02. The number of nitro benzene ring substituents is 1. The van der Waals surface area contributed by atoms with Crippen LogP contribution in [0, 0.1) is 17.0 Å². The third-order valence-corrected chi connectivity index (χ3v) is 4.64. The molecule has 0 bridgehead atoms. The molecule has 0 saturated carbocycles. The fraction of sp³-hybridized carbons (Fsp3) is 0.200. The number of benzene rings is 2. The summed E-state index contributed by atoms with van der Waals surface area (Å²) in [5, 5.41) is 18.5. The van der Waals surface area contributed by atoms with Gasteiger partial charge in [0.05, 0.1) is 28.4 Å². The molecule has 1 aromatic heterocycles. The molecule has 0 fully saturated rings. The highest BCUT2D eigenvalue weighted by molar-refractivity contribution is 6.31. The molecule has 8 nitrogen and oxygen atoms in total. The van der Waals surface area contributed by atoms with Crippen LogP contribution in [0.15, 0.2) is 48.7 Å². The third kappa shape index (κ3) is 4.91. The molecule has 1 amide bonds. The lowest BCUT2D eigenvalue weighted by atomic mass is 10.1. The van der Waals surface area contributed by atoms with Gasteiger partial charge >= 0.3 is 5.69 Å². The van der Waals surface area contributed by atoms with Crippen molar-refractivity contribution in [1.29, 1.82) is 0 Å². The zero-order valence-electron chi connectivity index (χ0n) is 15.9. The van der Waals surface area contributed by atoms with Gasteiger partial charge in [0.25, 0.3) is 5.91 Å². The number of carbonyl (C=O) groups excluding carboxylic acids is 1. The van der Waals surface area contributed by atoms with E-state index in [-0.39, 0.29) is 30.5 Å². The molecule has 0 aliphatic carbocycles. The van der Waals surface area contributed by atoms with Crippen LogP contribution in [-0.2, 0) is 20.2 Å². The van der Waals surface area contributed by atoms with E-state index in [1.807, 2.05) is 0 Å². The monoisotopic (exact) mass is 414 g/mol. The van der Waals surface area contributed by atoms with Crippen LogP contribution in [0.4, 0.5) is 5.69 Å². The summed E-state index contributed by atoms with van der Waals surface area (Å²) in [4.78, 5) is 23.2. The minimum absolute atomic E-state index is 0.0908. The van der Waals surface area contributed by atoms with Gasteiger partial charge < -0.3 is 10.1 Å². The molecular formula is C20H19ClN4O4. The first-order valence-electron chi connectivity index (χ1n) is 8.76. The van der Waals surface area contributed by atoms with E-state index in [4.69, 9.17) is 16.3 Å². The van der Waals surface area contributed by atoms with Crippen molar-refractivity contribution in [2.24, 2.45) is 7.05 Å². The molecule has 2 aromatic carbocycles. The highest BCUT2D eigenvalue weighted by atomic mass is 35.5. The van der Waals surface area contributed by atoms with Crippen molar-refractivity contribution in [1.82, 2.24) is 15.1 Å². The van der Waals surface area contributed by atoms with E-state index in [9.17, 15) is 14.9 Å². The third-order valence-electron chi connectivity index (χ3n) is 4.32. The predicted octanol–water partition coefficient (Wildman–Crippen LogP) is 3.80. The Bertz CT molecular complexity index is 1040. The van der Waals surface area contributed by atoms with Crippen molar-refractivity contribution >= 4 is 23.2 Å². The zero-order valence-corrected chi connectivity index (χ0v) is 16.6. The van der Waals surface area contributed by atoms with Gasteiger partial charge in [0.15, 0.2) is 5.75 Å². The number of nitro groups is 1. The summed E-state index contributed by atoms with van der Waals surface area (Å²) in [6, 6.07) is 11.7. The van der Waals surface area contributed by atoms with E-state index in [1.54, 1.807) is 55.1 Å². The SMILES string of the molecule is Cc1ccc(OCc2cccc(C(=O)NCc3c(Cl)cnn3C)c2)c([N+](=O)[O-])c1. The number of nitrogens with one attached hydrogen (secondary N) is 1. The summed E-state index contributed by atoms with van der Waals surface area (Å²) in [6.07, 6.45) is 1.52. The maximum absolute atomic E-state index is 12.5. The molecule has 29 heavy (non-hydrogen) atoms. The largest absolute Gasteiger partial charge is 0.482 e. The van der Waals surface area contributed by atoms with E-state index < -0.39 is 4.92 Å². The Balaban J connectivity index is 1.67. The lowest BCUT2D eigenvalue weighted by Gasteiger charge is -2.10. The maximum atomic E-state index is 12.5. The topological polar surface area (TPSA) is 99.3 Å². The minimum Gasteiger partial charge on any atom is -0.482 e. The fourth-order valence-electron chi connectivity index (χ4n) is 2.76. The van der Waals surface area contributed by atoms with E-state index in [0.29, 0.717) is 21.8 Å². The zero-order chi connectivity index (χ0) is 21.0. The fourth-order valence-corrected chi connectivity index (χ4v) is 2.99. The molecule has 0 radical (unpaired) electrons. The van der Waals surface area contributed by atoms with Crippen LogP contribution in [0.3, 0.4) is 0 Å². The first-order chi connectivity index (χ1) is 13.8. The number of aromatic nitrogens is 2. The second-order valence-electron chi connectivity index (χ2n) is 6.46. The Hall–Kier alpha value is -3.39. The number of carbonyl (C=O) groups is 1. The minimum atomic E-state index is -0.476.